The second kappa shape index (κ2) is 5.23. The first-order valence-corrected chi connectivity index (χ1v) is 6.85. The van der Waals surface area contributed by atoms with Gasteiger partial charge in [-0.15, -0.1) is 0 Å². The van der Waals surface area contributed by atoms with Gasteiger partial charge >= 0.3 is 0 Å². The van der Waals surface area contributed by atoms with E-state index in [-0.39, 0.29) is 17.7 Å². The standard InChI is InChI=1S/C16H23NO/c1-10-7-11(2)14(12(3)8-10)9-15(17)16(18)13-5-4-6-13/h7-8,13,15H,4-6,9,17H2,1-3H3. The van der Waals surface area contributed by atoms with Crippen molar-refractivity contribution in [2.75, 3.05) is 0 Å². The molecule has 0 spiro atoms. The number of hydrogen-bond donors (Lipinski definition) is 1. The number of Topliss-reactive ketones (excluding diaryl/α,β-unsaturated/α-hetero) is 1. The van der Waals surface area contributed by atoms with Gasteiger partial charge in [0, 0.05) is 5.92 Å². The van der Waals surface area contributed by atoms with Crippen LogP contribution < -0.4 is 5.73 Å². The molecule has 0 radical (unpaired) electrons. The van der Waals surface area contributed by atoms with Crippen LogP contribution in [0.1, 0.15) is 41.5 Å². The lowest BCUT2D eigenvalue weighted by Gasteiger charge is -2.27. The van der Waals surface area contributed by atoms with Crippen LogP contribution in [0.15, 0.2) is 12.1 Å². The molecule has 1 unspecified atom stereocenters. The van der Waals surface area contributed by atoms with Gasteiger partial charge in [-0.1, -0.05) is 24.1 Å². The molecule has 0 bridgehead atoms. The predicted molar refractivity (Wildman–Crippen MR) is 74.7 cm³/mol. The largest absolute Gasteiger partial charge is 0.321 e. The van der Waals surface area contributed by atoms with Crippen molar-refractivity contribution >= 4 is 5.78 Å². The van der Waals surface area contributed by atoms with Crippen LogP contribution in [0.4, 0.5) is 0 Å². The first kappa shape index (κ1) is 13.3. The molecule has 2 nitrogen and oxygen atoms in total. The SMILES string of the molecule is Cc1cc(C)c(CC(N)C(=O)C2CCC2)c(C)c1. The summed E-state index contributed by atoms with van der Waals surface area (Å²) in [4.78, 5) is 12.1. The van der Waals surface area contributed by atoms with Gasteiger partial charge in [0.25, 0.3) is 0 Å². The van der Waals surface area contributed by atoms with E-state index in [0.29, 0.717) is 6.42 Å². The Morgan fingerprint density at radius 1 is 1.28 bits per heavy atom. The molecule has 0 heterocycles. The maximum atomic E-state index is 12.1. The van der Waals surface area contributed by atoms with Crippen molar-refractivity contribution in [2.45, 2.75) is 52.5 Å². The molecule has 1 saturated carbocycles. The van der Waals surface area contributed by atoms with E-state index in [2.05, 4.69) is 32.9 Å². The van der Waals surface area contributed by atoms with Crippen molar-refractivity contribution in [3.8, 4) is 0 Å². The van der Waals surface area contributed by atoms with E-state index in [9.17, 15) is 4.79 Å². The van der Waals surface area contributed by atoms with Crippen LogP contribution in [0.5, 0.6) is 0 Å². The van der Waals surface area contributed by atoms with E-state index in [0.717, 1.165) is 12.8 Å². The minimum Gasteiger partial charge on any atom is -0.321 e. The zero-order valence-corrected chi connectivity index (χ0v) is 11.6. The quantitative estimate of drug-likeness (QED) is 0.886. The van der Waals surface area contributed by atoms with Gasteiger partial charge in [0.2, 0.25) is 0 Å². The number of hydrogen-bond acceptors (Lipinski definition) is 2. The van der Waals surface area contributed by atoms with E-state index in [1.54, 1.807) is 0 Å². The molecule has 2 N–H and O–H groups in total. The minimum atomic E-state index is -0.324. The average Bonchev–Trinajstić information content (AvgIpc) is 2.20. The third-order valence-electron chi connectivity index (χ3n) is 4.14. The van der Waals surface area contributed by atoms with Crippen LogP contribution in [-0.2, 0) is 11.2 Å². The Kier molecular flexibility index (Phi) is 3.86. The second-order valence-corrected chi connectivity index (χ2v) is 5.72. The minimum absolute atomic E-state index is 0.242. The summed E-state index contributed by atoms with van der Waals surface area (Å²) >= 11 is 0. The van der Waals surface area contributed by atoms with Crippen molar-refractivity contribution in [1.29, 1.82) is 0 Å². The summed E-state index contributed by atoms with van der Waals surface area (Å²) < 4.78 is 0. The molecule has 2 heteroatoms. The molecule has 2 rings (SSSR count). The monoisotopic (exact) mass is 245 g/mol. The Balaban J connectivity index is 2.11. The molecule has 0 saturated heterocycles. The molecule has 0 amide bonds. The molecule has 0 aliphatic heterocycles. The Labute approximate surface area is 110 Å². The maximum absolute atomic E-state index is 12.1. The summed E-state index contributed by atoms with van der Waals surface area (Å²) in [7, 11) is 0. The molecular weight excluding hydrogens is 222 g/mol. The van der Waals surface area contributed by atoms with E-state index >= 15 is 0 Å². The molecule has 98 valence electrons. The number of rotatable bonds is 4. The first-order chi connectivity index (χ1) is 8.49. The molecule has 1 atom stereocenters. The third kappa shape index (κ3) is 2.64. The van der Waals surface area contributed by atoms with E-state index in [4.69, 9.17) is 5.73 Å². The number of carbonyl (C=O) groups excluding carboxylic acids is 1. The van der Waals surface area contributed by atoms with Gasteiger partial charge in [0.1, 0.15) is 0 Å². The fourth-order valence-corrected chi connectivity index (χ4v) is 2.85. The molecule has 1 aliphatic rings. The normalized spacial score (nSPS) is 17.3. The highest BCUT2D eigenvalue weighted by Gasteiger charge is 2.29. The highest BCUT2D eigenvalue weighted by molar-refractivity contribution is 5.87. The van der Waals surface area contributed by atoms with Crippen LogP contribution in [-0.4, -0.2) is 11.8 Å². The summed E-state index contributed by atoms with van der Waals surface area (Å²) in [5.74, 6) is 0.506. The van der Waals surface area contributed by atoms with Crippen molar-refractivity contribution in [3.05, 3.63) is 34.4 Å². The van der Waals surface area contributed by atoms with Crippen molar-refractivity contribution in [2.24, 2.45) is 11.7 Å². The highest BCUT2D eigenvalue weighted by atomic mass is 16.1. The average molecular weight is 245 g/mol. The Hall–Kier alpha value is -1.15. The smallest absolute Gasteiger partial charge is 0.152 e. The molecule has 1 aromatic carbocycles. The molecule has 1 aliphatic carbocycles. The van der Waals surface area contributed by atoms with Crippen LogP contribution in [0, 0.1) is 26.7 Å². The number of carbonyl (C=O) groups is 1. The van der Waals surface area contributed by atoms with E-state index in [1.165, 1.54) is 28.7 Å². The molecule has 0 aromatic heterocycles. The summed E-state index contributed by atoms with van der Waals surface area (Å²) in [6, 6.07) is 4.02. The molecular formula is C16H23NO. The first-order valence-electron chi connectivity index (χ1n) is 6.85. The van der Waals surface area contributed by atoms with Gasteiger partial charge in [0.15, 0.2) is 5.78 Å². The van der Waals surface area contributed by atoms with Crippen LogP contribution >= 0.6 is 0 Å². The van der Waals surface area contributed by atoms with Crippen molar-refractivity contribution in [1.82, 2.24) is 0 Å². The maximum Gasteiger partial charge on any atom is 0.152 e. The second-order valence-electron chi connectivity index (χ2n) is 5.72. The van der Waals surface area contributed by atoms with Gasteiger partial charge in [0.05, 0.1) is 6.04 Å². The van der Waals surface area contributed by atoms with E-state index < -0.39 is 0 Å². The van der Waals surface area contributed by atoms with Crippen molar-refractivity contribution < 1.29 is 4.79 Å². The summed E-state index contributed by atoms with van der Waals surface area (Å²) in [5, 5.41) is 0. The zero-order valence-electron chi connectivity index (χ0n) is 11.6. The number of aryl methyl sites for hydroxylation is 3. The van der Waals surface area contributed by atoms with Crippen LogP contribution in [0.2, 0.25) is 0 Å². The van der Waals surface area contributed by atoms with Crippen LogP contribution in [0.25, 0.3) is 0 Å². The van der Waals surface area contributed by atoms with Crippen LogP contribution in [0.3, 0.4) is 0 Å². The van der Waals surface area contributed by atoms with E-state index in [1.807, 2.05) is 0 Å². The van der Waals surface area contributed by atoms with Gasteiger partial charge in [-0.3, -0.25) is 4.79 Å². The molecule has 18 heavy (non-hydrogen) atoms. The lowest BCUT2D eigenvalue weighted by molar-refractivity contribution is -0.126. The summed E-state index contributed by atoms with van der Waals surface area (Å²) in [6.45, 7) is 6.31. The lowest BCUT2D eigenvalue weighted by atomic mass is 9.78. The number of benzene rings is 1. The van der Waals surface area contributed by atoms with Gasteiger partial charge in [-0.25, -0.2) is 0 Å². The summed E-state index contributed by atoms with van der Waals surface area (Å²) in [5.41, 5.74) is 11.1. The summed E-state index contributed by atoms with van der Waals surface area (Å²) in [6.07, 6.45) is 3.95. The van der Waals surface area contributed by atoms with Gasteiger partial charge < -0.3 is 5.73 Å². The number of ketones is 1. The van der Waals surface area contributed by atoms with Gasteiger partial charge in [-0.2, -0.15) is 0 Å². The fraction of sp³-hybridized carbons (Fsp3) is 0.562. The van der Waals surface area contributed by atoms with Crippen molar-refractivity contribution in [3.63, 3.8) is 0 Å². The number of nitrogens with two attached hydrogens (primary N) is 1. The Morgan fingerprint density at radius 3 is 2.28 bits per heavy atom. The Morgan fingerprint density at radius 2 is 1.83 bits per heavy atom. The predicted octanol–water partition coefficient (Wildman–Crippen LogP) is 2.85. The Bertz CT molecular complexity index is 437. The zero-order chi connectivity index (χ0) is 13.3. The lowest BCUT2D eigenvalue weighted by Crippen LogP contribution is -2.40. The van der Waals surface area contributed by atoms with Gasteiger partial charge in [-0.05, 0) is 56.7 Å². The fourth-order valence-electron chi connectivity index (χ4n) is 2.85. The third-order valence-corrected chi connectivity index (χ3v) is 4.14. The highest BCUT2D eigenvalue weighted by Crippen LogP contribution is 2.29. The molecule has 1 aromatic rings. The topological polar surface area (TPSA) is 43.1 Å². The molecule has 1 fully saturated rings.